The van der Waals surface area contributed by atoms with Crippen molar-refractivity contribution in [2.45, 2.75) is 50.7 Å². The molecule has 0 bridgehead atoms. The molecule has 7 heteroatoms. The van der Waals surface area contributed by atoms with E-state index in [1.54, 1.807) is 23.9 Å². The van der Waals surface area contributed by atoms with E-state index in [2.05, 4.69) is 23.8 Å². The average molecular weight is 388 g/mol. The summed E-state index contributed by atoms with van der Waals surface area (Å²) >= 11 is 3.19. The fourth-order valence-electron chi connectivity index (χ4n) is 3.22. The molecule has 0 aromatic carbocycles. The van der Waals surface area contributed by atoms with Crippen LogP contribution in [0, 0.1) is 13.8 Å². The lowest BCUT2D eigenvalue weighted by Gasteiger charge is -2.28. The summed E-state index contributed by atoms with van der Waals surface area (Å²) in [5.74, 6) is 1.35. The molecule has 1 aliphatic rings. The minimum absolute atomic E-state index is 0.0406. The molecule has 0 saturated heterocycles. The van der Waals surface area contributed by atoms with Crippen LogP contribution < -0.4 is 0 Å². The van der Waals surface area contributed by atoms with E-state index in [0.29, 0.717) is 11.8 Å². The monoisotopic (exact) mass is 387 g/mol. The topological polar surface area (TPSA) is 59.2 Å². The lowest BCUT2D eigenvalue weighted by Crippen LogP contribution is -2.36. The molecule has 1 atom stereocenters. The molecule has 1 aliphatic carbocycles. The van der Waals surface area contributed by atoms with Gasteiger partial charge < -0.3 is 9.32 Å². The highest BCUT2D eigenvalue weighted by molar-refractivity contribution is 8.00. The first-order chi connectivity index (χ1) is 12.6. The average Bonchev–Trinajstić information content (AvgIpc) is 3.20. The molecule has 0 spiro atoms. The Hall–Kier alpha value is -1.86. The summed E-state index contributed by atoms with van der Waals surface area (Å²) in [6.45, 7) is 6.23. The number of hydrogen-bond donors (Lipinski definition) is 0. The largest absolute Gasteiger partial charge is 0.467 e. The van der Waals surface area contributed by atoms with Gasteiger partial charge in [-0.3, -0.25) is 4.79 Å². The number of furan rings is 1. The van der Waals surface area contributed by atoms with Crippen molar-refractivity contribution in [3.63, 3.8) is 0 Å². The Balaban J connectivity index is 1.53. The van der Waals surface area contributed by atoms with Crippen LogP contribution in [0.25, 0.3) is 10.2 Å². The zero-order valence-electron chi connectivity index (χ0n) is 15.1. The number of amides is 1. The third-order valence-electron chi connectivity index (χ3n) is 4.86. The molecule has 1 amide bonds. The molecule has 1 saturated carbocycles. The Labute approximate surface area is 160 Å². The van der Waals surface area contributed by atoms with Crippen LogP contribution in [0.2, 0.25) is 0 Å². The highest BCUT2D eigenvalue weighted by Crippen LogP contribution is 2.37. The van der Waals surface area contributed by atoms with E-state index in [1.165, 1.54) is 22.2 Å². The molecule has 3 aromatic rings. The summed E-state index contributed by atoms with van der Waals surface area (Å²) in [6, 6.07) is 4.10. The lowest BCUT2D eigenvalue weighted by molar-refractivity contribution is -0.131. The molecular formula is C19H21N3O2S2. The third kappa shape index (κ3) is 3.25. The van der Waals surface area contributed by atoms with Gasteiger partial charge in [0, 0.05) is 16.3 Å². The summed E-state index contributed by atoms with van der Waals surface area (Å²) in [4.78, 5) is 26.0. The molecule has 4 rings (SSSR count). The van der Waals surface area contributed by atoms with Crippen molar-refractivity contribution in [2.75, 3.05) is 5.75 Å². The van der Waals surface area contributed by atoms with Gasteiger partial charge in [0.15, 0.2) is 0 Å². The first kappa shape index (κ1) is 17.5. The number of thiophene rings is 1. The van der Waals surface area contributed by atoms with E-state index in [1.807, 2.05) is 24.0 Å². The van der Waals surface area contributed by atoms with E-state index in [0.717, 1.165) is 33.8 Å². The summed E-state index contributed by atoms with van der Waals surface area (Å²) in [7, 11) is 0. The van der Waals surface area contributed by atoms with Crippen LogP contribution in [-0.4, -0.2) is 32.6 Å². The van der Waals surface area contributed by atoms with Crippen molar-refractivity contribution >= 4 is 39.2 Å². The maximum Gasteiger partial charge on any atom is 0.233 e. The van der Waals surface area contributed by atoms with Gasteiger partial charge >= 0.3 is 0 Å². The SMILES string of the molecule is Cc1sc2ncnc(SCC(=O)N(C3CC3)C(C)c3ccco3)c2c1C. The van der Waals surface area contributed by atoms with E-state index in [9.17, 15) is 4.79 Å². The number of thioether (sulfide) groups is 1. The van der Waals surface area contributed by atoms with Crippen LogP contribution in [0.1, 0.15) is 42.0 Å². The number of fused-ring (bicyclic) bond motifs is 1. The summed E-state index contributed by atoms with van der Waals surface area (Å²) in [5.41, 5.74) is 1.21. The second-order valence-corrected chi connectivity index (χ2v) is 8.82. The number of carbonyl (C=O) groups excluding carboxylic acids is 1. The molecule has 3 heterocycles. The summed E-state index contributed by atoms with van der Waals surface area (Å²) in [5, 5.41) is 1.98. The van der Waals surface area contributed by atoms with Crippen LogP contribution >= 0.6 is 23.1 Å². The Morgan fingerprint density at radius 3 is 2.92 bits per heavy atom. The van der Waals surface area contributed by atoms with Gasteiger partial charge in [0.2, 0.25) is 5.91 Å². The molecule has 0 aliphatic heterocycles. The molecule has 0 N–H and O–H groups in total. The van der Waals surface area contributed by atoms with Gasteiger partial charge in [0.1, 0.15) is 21.9 Å². The molecule has 5 nitrogen and oxygen atoms in total. The zero-order valence-corrected chi connectivity index (χ0v) is 16.7. The van der Waals surface area contributed by atoms with E-state index >= 15 is 0 Å². The number of carbonyl (C=O) groups is 1. The van der Waals surface area contributed by atoms with E-state index in [4.69, 9.17) is 4.42 Å². The van der Waals surface area contributed by atoms with Crippen molar-refractivity contribution in [2.24, 2.45) is 0 Å². The second kappa shape index (κ2) is 7.04. The Bertz CT molecular complexity index is 932. The van der Waals surface area contributed by atoms with Gasteiger partial charge in [-0.15, -0.1) is 11.3 Å². The highest BCUT2D eigenvalue weighted by Gasteiger charge is 2.37. The number of aromatic nitrogens is 2. The number of hydrogen-bond acceptors (Lipinski definition) is 6. The van der Waals surface area contributed by atoms with Crippen LogP contribution in [0.15, 0.2) is 34.2 Å². The highest BCUT2D eigenvalue weighted by atomic mass is 32.2. The molecular weight excluding hydrogens is 366 g/mol. The van der Waals surface area contributed by atoms with Crippen LogP contribution in [0.4, 0.5) is 0 Å². The lowest BCUT2D eigenvalue weighted by atomic mass is 10.2. The van der Waals surface area contributed by atoms with Gasteiger partial charge in [0.25, 0.3) is 0 Å². The quantitative estimate of drug-likeness (QED) is 0.451. The molecule has 1 unspecified atom stereocenters. The van der Waals surface area contributed by atoms with Crippen molar-refractivity contribution in [1.29, 1.82) is 0 Å². The predicted molar refractivity (Wildman–Crippen MR) is 105 cm³/mol. The first-order valence-electron chi connectivity index (χ1n) is 8.74. The van der Waals surface area contributed by atoms with Crippen molar-refractivity contribution in [1.82, 2.24) is 14.9 Å². The third-order valence-corrected chi connectivity index (χ3v) is 6.95. The fourth-order valence-corrected chi connectivity index (χ4v) is 5.21. The van der Waals surface area contributed by atoms with Gasteiger partial charge in [-0.1, -0.05) is 11.8 Å². The van der Waals surface area contributed by atoms with E-state index < -0.39 is 0 Å². The predicted octanol–water partition coefficient (Wildman–Crippen LogP) is 4.75. The van der Waals surface area contributed by atoms with Gasteiger partial charge in [-0.25, -0.2) is 9.97 Å². The molecule has 1 fully saturated rings. The first-order valence-corrected chi connectivity index (χ1v) is 10.5. The molecule has 26 heavy (non-hydrogen) atoms. The fraction of sp³-hybridized carbons (Fsp3) is 0.421. The van der Waals surface area contributed by atoms with Crippen LogP contribution in [0.5, 0.6) is 0 Å². The molecule has 0 radical (unpaired) electrons. The minimum atomic E-state index is -0.0406. The number of rotatable bonds is 6. The van der Waals surface area contributed by atoms with Gasteiger partial charge in [-0.2, -0.15) is 0 Å². The van der Waals surface area contributed by atoms with Gasteiger partial charge in [-0.05, 0) is 51.3 Å². The zero-order chi connectivity index (χ0) is 18.3. The van der Waals surface area contributed by atoms with Crippen LogP contribution in [-0.2, 0) is 4.79 Å². The smallest absolute Gasteiger partial charge is 0.233 e. The van der Waals surface area contributed by atoms with Crippen LogP contribution in [0.3, 0.4) is 0 Å². The second-order valence-electron chi connectivity index (χ2n) is 6.65. The Kier molecular flexibility index (Phi) is 4.75. The van der Waals surface area contributed by atoms with Crippen molar-refractivity contribution in [3.05, 3.63) is 40.9 Å². The standard InChI is InChI=1S/C19H21N3O2S2/c1-11-13(3)26-19-17(11)18(20-10-21-19)25-9-16(23)22(14-6-7-14)12(2)15-5-4-8-24-15/h4-5,8,10,12,14H,6-7,9H2,1-3H3. The summed E-state index contributed by atoms with van der Waals surface area (Å²) < 4.78 is 5.52. The molecule has 136 valence electrons. The van der Waals surface area contributed by atoms with E-state index in [-0.39, 0.29) is 11.9 Å². The number of nitrogens with zero attached hydrogens (tertiary/aromatic N) is 3. The maximum atomic E-state index is 13.0. The maximum absolute atomic E-state index is 13.0. The number of aryl methyl sites for hydroxylation is 2. The minimum Gasteiger partial charge on any atom is -0.467 e. The summed E-state index contributed by atoms with van der Waals surface area (Å²) in [6.07, 6.45) is 5.40. The normalized spacial score (nSPS) is 15.3. The Morgan fingerprint density at radius 2 is 2.23 bits per heavy atom. The Morgan fingerprint density at radius 1 is 1.42 bits per heavy atom. The van der Waals surface area contributed by atoms with Crippen molar-refractivity contribution in [3.8, 4) is 0 Å². The molecule has 3 aromatic heterocycles. The van der Waals surface area contributed by atoms with Gasteiger partial charge in [0.05, 0.1) is 18.1 Å². The van der Waals surface area contributed by atoms with Crippen molar-refractivity contribution < 1.29 is 9.21 Å².